The maximum Gasteiger partial charge on any atom is 0.303 e. The maximum atomic E-state index is 11.0. The molecule has 0 aromatic carbocycles. The lowest BCUT2D eigenvalue weighted by atomic mass is 9.58. The molecule has 0 aliphatic heterocycles. The average Bonchev–Trinajstić information content (AvgIpc) is 2.50. The van der Waals surface area contributed by atoms with Crippen molar-refractivity contribution in [2.75, 3.05) is 6.50 Å². The van der Waals surface area contributed by atoms with E-state index in [1.54, 1.807) is 0 Å². The second-order valence-corrected chi connectivity index (χ2v) is 4.74. The molecule has 3 heteroatoms. The number of carbonyl (C=O) groups is 1. The molecule has 0 aromatic heterocycles. The molecule has 0 bridgehead atoms. The largest absolute Gasteiger partial charge is 0.481 e. The van der Waals surface area contributed by atoms with Crippen LogP contribution in [0.3, 0.4) is 0 Å². The summed E-state index contributed by atoms with van der Waals surface area (Å²) in [5, 5.41) is 8.98. The Morgan fingerprint density at radius 2 is 2.60 bits per heavy atom. The fraction of sp³-hybridized carbons (Fsp3) is 0.750. The van der Waals surface area contributed by atoms with E-state index in [2.05, 4.69) is 13.0 Å². The van der Waals surface area contributed by atoms with Gasteiger partial charge < -0.3 is 10.8 Å². The van der Waals surface area contributed by atoms with Crippen LogP contribution in [0.25, 0.3) is 0 Å². The number of rotatable bonds is 4. The van der Waals surface area contributed by atoms with Crippen molar-refractivity contribution in [3.05, 3.63) is 11.6 Å². The van der Waals surface area contributed by atoms with Crippen molar-refractivity contribution < 1.29 is 12.6 Å². The highest BCUT2D eigenvalue weighted by Gasteiger charge is 2.54. The summed E-state index contributed by atoms with van der Waals surface area (Å²) in [6.07, 6.45) is 4.43. The van der Waals surface area contributed by atoms with Gasteiger partial charge in [-0.3, -0.25) is 4.79 Å². The van der Waals surface area contributed by atoms with Gasteiger partial charge >= 0.3 is 5.97 Å². The number of aliphatic carboxylic acids is 1. The molecule has 1 saturated carbocycles. The summed E-state index contributed by atoms with van der Waals surface area (Å²) >= 11 is 0. The molecule has 0 unspecified atom stereocenters. The van der Waals surface area contributed by atoms with Crippen LogP contribution in [-0.4, -0.2) is 17.6 Å². The molecule has 0 radical (unpaired) electrons. The van der Waals surface area contributed by atoms with Gasteiger partial charge in [0.25, 0.3) is 0 Å². The molecule has 2 rings (SSSR count). The topological polar surface area (TPSA) is 63.3 Å². The summed E-state index contributed by atoms with van der Waals surface area (Å²) in [7, 11) is 0. The first-order chi connectivity index (χ1) is 7.80. The fourth-order valence-electron chi connectivity index (χ4n) is 3.10. The van der Waals surface area contributed by atoms with Crippen LogP contribution >= 0.6 is 0 Å². The molecule has 15 heavy (non-hydrogen) atoms. The Hall–Kier alpha value is -0.830. The van der Waals surface area contributed by atoms with E-state index in [0.29, 0.717) is 12.3 Å². The zero-order chi connectivity index (χ0) is 12.8. The molecule has 1 fully saturated rings. The van der Waals surface area contributed by atoms with Gasteiger partial charge in [0.1, 0.15) is 0 Å². The van der Waals surface area contributed by atoms with Gasteiger partial charge in [-0.05, 0) is 43.0 Å². The van der Waals surface area contributed by atoms with E-state index in [0.717, 1.165) is 12.8 Å². The minimum absolute atomic E-state index is 0.00792. The van der Waals surface area contributed by atoms with E-state index in [9.17, 15) is 4.79 Å². The van der Waals surface area contributed by atoms with E-state index >= 15 is 0 Å². The van der Waals surface area contributed by atoms with Crippen LogP contribution in [0, 0.1) is 17.3 Å². The highest BCUT2D eigenvalue weighted by atomic mass is 16.5. The lowest BCUT2D eigenvalue weighted by molar-refractivity contribution is -0.144. The Morgan fingerprint density at radius 1 is 1.87 bits per heavy atom. The fourth-order valence-corrected chi connectivity index (χ4v) is 3.10. The molecule has 0 heterocycles. The first kappa shape index (κ1) is 8.34. The summed E-state index contributed by atoms with van der Waals surface area (Å²) in [4.78, 5) is 11.0. The van der Waals surface area contributed by atoms with Gasteiger partial charge in [-0.1, -0.05) is 18.6 Å². The lowest BCUT2D eigenvalue weighted by Crippen LogP contribution is -2.51. The third kappa shape index (κ3) is 1.59. The summed E-state index contributed by atoms with van der Waals surface area (Å²) in [5.74, 6) is -0.549. The molecule has 3 N–H and O–H groups in total. The maximum absolute atomic E-state index is 11.0. The van der Waals surface area contributed by atoms with Crippen LogP contribution in [0.1, 0.15) is 35.3 Å². The van der Waals surface area contributed by atoms with Gasteiger partial charge in [0.15, 0.2) is 0 Å². The van der Waals surface area contributed by atoms with Crippen molar-refractivity contribution in [2.24, 2.45) is 23.0 Å². The zero-order valence-corrected chi connectivity index (χ0v) is 8.99. The SMILES string of the molecule is [2H]C([2H])(N)[C@]1([13CH2][13C](=O)O)C[C@H]2CC(CC)=C[C@H]21. The number of fused-ring (bicyclic) bond motifs is 1. The van der Waals surface area contributed by atoms with Crippen molar-refractivity contribution in [3.8, 4) is 0 Å². The van der Waals surface area contributed by atoms with Crippen LogP contribution in [0.2, 0.25) is 0 Å². The van der Waals surface area contributed by atoms with Crippen LogP contribution in [0.5, 0.6) is 0 Å². The third-order valence-corrected chi connectivity index (χ3v) is 3.92. The van der Waals surface area contributed by atoms with Crippen molar-refractivity contribution in [3.63, 3.8) is 0 Å². The van der Waals surface area contributed by atoms with Crippen LogP contribution in [0.4, 0.5) is 0 Å². The Bertz CT molecular complexity index is 375. The molecule has 0 spiro atoms. The molecule has 2 aliphatic rings. The number of allylic oxidation sites excluding steroid dienone is 2. The number of carboxylic acids is 1. The van der Waals surface area contributed by atoms with Crippen LogP contribution in [0.15, 0.2) is 11.6 Å². The minimum atomic E-state index is -1.92. The van der Waals surface area contributed by atoms with E-state index in [-0.39, 0.29) is 12.3 Å². The molecular formula is C12H19NO2. The number of nitrogens with two attached hydrogens (primary N) is 1. The summed E-state index contributed by atoms with van der Waals surface area (Å²) in [6.45, 7) is 0.152. The molecule has 3 atom stereocenters. The molecule has 0 saturated heterocycles. The van der Waals surface area contributed by atoms with Gasteiger partial charge in [-0.25, -0.2) is 0 Å². The lowest BCUT2D eigenvalue weighted by Gasteiger charge is -2.51. The second kappa shape index (κ2) is 3.63. The van der Waals surface area contributed by atoms with E-state index < -0.39 is 17.9 Å². The molecule has 3 nitrogen and oxygen atoms in total. The Labute approximate surface area is 93.2 Å². The molecule has 0 amide bonds. The summed E-state index contributed by atoms with van der Waals surface area (Å²) in [5.41, 5.74) is 6.02. The molecule has 2 aliphatic carbocycles. The number of carboxylic acid groups (broad SMARTS) is 1. The summed E-state index contributed by atoms with van der Waals surface area (Å²) in [6, 6.07) is 0. The predicted octanol–water partition coefficient (Wildman–Crippen LogP) is 1.78. The van der Waals surface area contributed by atoms with E-state index in [4.69, 9.17) is 13.6 Å². The second-order valence-electron chi connectivity index (χ2n) is 4.74. The van der Waals surface area contributed by atoms with Crippen molar-refractivity contribution >= 4 is 5.97 Å². The monoisotopic (exact) mass is 213 g/mol. The standard InChI is InChI=1S/C12H19NO2/c1-2-8-3-9-5-12(7-13,6-11(14)15)10(9)4-8/h4,9-10H,2-3,5-7,13H2,1H3,(H,14,15)/t9-,10-,12-/m1/s1/i6+1,7D2,11+1. The zero-order valence-electron chi connectivity index (χ0n) is 11.0. The first-order valence-electron chi connectivity index (χ1n) is 6.50. The highest BCUT2D eigenvalue weighted by molar-refractivity contribution is 5.68. The third-order valence-electron chi connectivity index (χ3n) is 3.92. The average molecular weight is 213 g/mol. The first-order valence-corrected chi connectivity index (χ1v) is 5.50. The van der Waals surface area contributed by atoms with Crippen molar-refractivity contribution in [1.29, 1.82) is 0 Å². The predicted molar refractivity (Wildman–Crippen MR) is 58.3 cm³/mol. The Morgan fingerprint density at radius 3 is 3.13 bits per heavy atom. The molecule has 84 valence electrons. The summed E-state index contributed by atoms with van der Waals surface area (Å²) < 4.78 is 15.5. The number of hydrogen-bond donors (Lipinski definition) is 2. The van der Waals surface area contributed by atoms with Gasteiger partial charge in [0, 0.05) is 2.74 Å². The van der Waals surface area contributed by atoms with Gasteiger partial charge in [-0.2, -0.15) is 0 Å². The molecule has 0 aromatic rings. The van der Waals surface area contributed by atoms with Gasteiger partial charge in [0.05, 0.1) is 6.42 Å². The quantitative estimate of drug-likeness (QED) is 0.552. The smallest absolute Gasteiger partial charge is 0.303 e. The van der Waals surface area contributed by atoms with E-state index in [1.807, 2.05) is 0 Å². The Balaban J connectivity index is 2.27. The Kier molecular flexibility index (Phi) is 2.02. The van der Waals surface area contributed by atoms with Gasteiger partial charge in [-0.15, -0.1) is 0 Å². The molecular weight excluding hydrogens is 192 g/mol. The van der Waals surface area contributed by atoms with Crippen molar-refractivity contribution in [1.82, 2.24) is 0 Å². The van der Waals surface area contributed by atoms with Crippen molar-refractivity contribution in [2.45, 2.75) is 32.6 Å². The van der Waals surface area contributed by atoms with Gasteiger partial charge in [0.2, 0.25) is 0 Å². The van der Waals surface area contributed by atoms with E-state index in [1.165, 1.54) is 5.57 Å². The van der Waals surface area contributed by atoms with Crippen LogP contribution in [-0.2, 0) is 4.79 Å². The minimum Gasteiger partial charge on any atom is -0.481 e. The van der Waals surface area contributed by atoms with Crippen LogP contribution < -0.4 is 5.73 Å². The normalized spacial score (nSPS) is 41.1. The number of hydrogen-bond acceptors (Lipinski definition) is 2. The highest BCUT2D eigenvalue weighted by Crippen LogP contribution is 2.59.